The Hall–Kier alpha value is -1.36. The van der Waals surface area contributed by atoms with Gasteiger partial charge in [0.1, 0.15) is 18.0 Å². The fourth-order valence-electron chi connectivity index (χ4n) is 4.00. The fraction of sp³-hybridized carbons (Fsp3) is 0.765. The van der Waals surface area contributed by atoms with Crippen molar-refractivity contribution in [3.63, 3.8) is 0 Å². The fourth-order valence-corrected chi connectivity index (χ4v) is 4.00. The highest BCUT2D eigenvalue weighted by Crippen LogP contribution is 2.42. The van der Waals surface area contributed by atoms with E-state index in [1.54, 1.807) is 6.33 Å². The molecule has 5 nitrogen and oxygen atoms in total. The van der Waals surface area contributed by atoms with E-state index >= 15 is 0 Å². The van der Waals surface area contributed by atoms with E-state index in [1.165, 1.54) is 38.5 Å². The molecule has 0 radical (unpaired) electrons. The summed E-state index contributed by atoms with van der Waals surface area (Å²) in [5.41, 5.74) is 0.179. The zero-order chi connectivity index (χ0) is 14.8. The van der Waals surface area contributed by atoms with E-state index < -0.39 is 0 Å². The monoisotopic (exact) mass is 302 g/mol. The van der Waals surface area contributed by atoms with Crippen LogP contribution < -0.4 is 10.2 Å². The van der Waals surface area contributed by atoms with Gasteiger partial charge in [-0.05, 0) is 51.4 Å². The van der Waals surface area contributed by atoms with Gasteiger partial charge in [-0.25, -0.2) is 9.97 Å². The molecule has 1 saturated carbocycles. The number of hydrogen-bond acceptors (Lipinski definition) is 5. The second-order valence-corrected chi connectivity index (χ2v) is 7.03. The minimum absolute atomic E-state index is 0.179. The molecule has 1 unspecified atom stereocenters. The molecule has 22 heavy (non-hydrogen) atoms. The highest BCUT2D eigenvalue weighted by Gasteiger charge is 2.42. The normalized spacial score (nSPS) is 27.5. The molecule has 2 saturated heterocycles. The average molecular weight is 302 g/mol. The molecule has 1 atom stereocenters. The molecule has 0 aromatic carbocycles. The van der Waals surface area contributed by atoms with Crippen molar-refractivity contribution in [2.75, 3.05) is 29.9 Å². The van der Waals surface area contributed by atoms with Crippen LogP contribution >= 0.6 is 0 Å². The number of ether oxygens (including phenoxy) is 1. The van der Waals surface area contributed by atoms with Crippen LogP contribution in [0.4, 0.5) is 11.6 Å². The van der Waals surface area contributed by atoms with E-state index in [4.69, 9.17) is 4.74 Å². The number of aromatic nitrogens is 2. The molecular weight excluding hydrogens is 276 g/mol. The summed E-state index contributed by atoms with van der Waals surface area (Å²) in [6.45, 7) is 3.12. The minimum Gasteiger partial charge on any atom is -0.375 e. The number of anilines is 2. The third-order valence-electron chi connectivity index (χ3n) is 5.44. The lowest BCUT2D eigenvalue weighted by Gasteiger charge is -2.47. The summed E-state index contributed by atoms with van der Waals surface area (Å²) in [5.74, 6) is 2.04. The number of nitrogens with one attached hydrogen (secondary N) is 1. The summed E-state index contributed by atoms with van der Waals surface area (Å²) in [6, 6.07) is 2.60. The highest BCUT2D eigenvalue weighted by molar-refractivity contribution is 5.49. The molecule has 0 bridgehead atoms. The van der Waals surface area contributed by atoms with E-state index in [2.05, 4.69) is 26.3 Å². The van der Waals surface area contributed by atoms with Gasteiger partial charge in [0.05, 0.1) is 5.60 Å². The zero-order valence-electron chi connectivity index (χ0n) is 13.3. The maximum atomic E-state index is 6.01. The summed E-state index contributed by atoms with van der Waals surface area (Å²) in [4.78, 5) is 11.3. The predicted molar refractivity (Wildman–Crippen MR) is 87.3 cm³/mol. The van der Waals surface area contributed by atoms with Gasteiger partial charge in [-0.1, -0.05) is 0 Å². The first kappa shape index (κ1) is 14.2. The first-order valence-electron chi connectivity index (χ1n) is 8.81. The quantitative estimate of drug-likeness (QED) is 0.930. The molecule has 3 heterocycles. The lowest BCUT2D eigenvalue weighted by Crippen LogP contribution is -2.49. The average Bonchev–Trinajstić information content (AvgIpc) is 2.55. The second kappa shape index (κ2) is 6.03. The Morgan fingerprint density at radius 1 is 1.14 bits per heavy atom. The Morgan fingerprint density at radius 2 is 2.00 bits per heavy atom. The van der Waals surface area contributed by atoms with Gasteiger partial charge in [-0.3, -0.25) is 0 Å². The third kappa shape index (κ3) is 2.91. The Morgan fingerprint density at radius 3 is 2.77 bits per heavy atom. The first-order chi connectivity index (χ1) is 10.8. The maximum Gasteiger partial charge on any atom is 0.134 e. The molecule has 1 aliphatic carbocycles. The molecule has 1 aromatic heterocycles. The topological polar surface area (TPSA) is 50.3 Å². The smallest absolute Gasteiger partial charge is 0.134 e. The van der Waals surface area contributed by atoms with Gasteiger partial charge < -0.3 is 15.0 Å². The maximum absolute atomic E-state index is 6.01. The summed E-state index contributed by atoms with van der Waals surface area (Å²) < 4.78 is 6.01. The van der Waals surface area contributed by atoms with Gasteiger partial charge in [0.15, 0.2) is 0 Å². The molecule has 2 aliphatic heterocycles. The Balaban J connectivity index is 1.41. The van der Waals surface area contributed by atoms with Crippen molar-refractivity contribution in [2.24, 2.45) is 0 Å². The van der Waals surface area contributed by atoms with E-state index in [9.17, 15) is 0 Å². The van der Waals surface area contributed by atoms with Crippen molar-refractivity contribution < 1.29 is 4.74 Å². The van der Waals surface area contributed by atoms with Crippen LogP contribution in [0, 0.1) is 0 Å². The van der Waals surface area contributed by atoms with Crippen molar-refractivity contribution in [2.45, 2.75) is 63.0 Å². The highest BCUT2D eigenvalue weighted by atomic mass is 16.5. The first-order valence-corrected chi connectivity index (χ1v) is 8.81. The molecule has 3 aliphatic rings. The van der Waals surface area contributed by atoms with Crippen LogP contribution in [0.2, 0.25) is 0 Å². The lowest BCUT2D eigenvalue weighted by atomic mass is 9.74. The molecule has 1 aromatic rings. The Kier molecular flexibility index (Phi) is 3.90. The molecule has 120 valence electrons. The van der Waals surface area contributed by atoms with E-state index in [1.807, 2.05) is 0 Å². The molecule has 3 fully saturated rings. The summed E-state index contributed by atoms with van der Waals surface area (Å²) >= 11 is 0. The largest absolute Gasteiger partial charge is 0.375 e. The number of hydrogen-bond donors (Lipinski definition) is 1. The summed E-state index contributed by atoms with van der Waals surface area (Å²) in [6.07, 6.45) is 11.6. The molecular formula is C17H26N4O. The molecule has 4 rings (SSSR count). The minimum atomic E-state index is 0.179. The Bertz CT molecular complexity index is 511. The number of piperidine rings is 1. The van der Waals surface area contributed by atoms with E-state index in [0.29, 0.717) is 6.04 Å². The number of rotatable bonds is 3. The van der Waals surface area contributed by atoms with Gasteiger partial charge in [-0.2, -0.15) is 0 Å². The standard InChI is InChI=1S/C17H26N4O/c1-2-8-21(9-3-1)16-11-15(18-13-19-16)20-14-5-10-22-17(12-14)6-4-7-17/h11,13-14H,1-10,12H2,(H,18,19,20). The van der Waals surface area contributed by atoms with Gasteiger partial charge in [0.2, 0.25) is 0 Å². The van der Waals surface area contributed by atoms with Crippen molar-refractivity contribution in [3.8, 4) is 0 Å². The van der Waals surface area contributed by atoms with Crippen LogP contribution in [0.3, 0.4) is 0 Å². The van der Waals surface area contributed by atoms with Crippen molar-refractivity contribution in [1.82, 2.24) is 9.97 Å². The van der Waals surface area contributed by atoms with E-state index in [0.717, 1.165) is 44.2 Å². The summed E-state index contributed by atoms with van der Waals surface area (Å²) in [7, 11) is 0. The SMILES string of the molecule is c1nc(NC2CCOC3(CCC3)C2)cc(N2CCCCC2)n1. The van der Waals surface area contributed by atoms with Crippen LogP contribution in [-0.4, -0.2) is 41.3 Å². The second-order valence-electron chi connectivity index (χ2n) is 7.03. The summed E-state index contributed by atoms with van der Waals surface area (Å²) in [5, 5.41) is 3.63. The molecule has 0 amide bonds. The lowest BCUT2D eigenvalue weighted by molar-refractivity contribution is -0.130. The molecule has 1 N–H and O–H groups in total. The number of nitrogens with zero attached hydrogens (tertiary/aromatic N) is 3. The van der Waals surface area contributed by atoms with Crippen LogP contribution in [0.1, 0.15) is 51.4 Å². The third-order valence-corrected chi connectivity index (χ3v) is 5.44. The van der Waals surface area contributed by atoms with Crippen LogP contribution in [0.5, 0.6) is 0 Å². The molecule has 5 heteroatoms. The van der Waals surface area contributed by atoms with Crippen molar-refractivity contribution in [3.05, 3.63) is 12.4 Å². The van der Waals surface area contributed by atoms with Crippen LogP contribution in [-0.2, 0) is 4.74 Å². The van der Waals surface area contributed by atoms with E-state index in [-0.39, 0.29) is 5.60 Å². The van der Waals surface area contributed by atoms with Gasteiger partial charge in [0.25, 0.3) is 0 Å². The van der Waals surface area contributed by atoms with Crippen LogP contribution in [0.25, 0.3) is 0 Å². The molecule has 1 spiro atoms. The van der Waals surface area contributed by atoms with Crippen molar-refractivity contribution in [1.29, 1.82) is 0 Å². The van der Waals surface area contributed by atoms with Crippen LogP contribution in [0.15, 0.2) is 12.4 Å². The van der Waals surface area contributed by atoms with Gasteiger partial charge in [0, 0.05) is 31.8 Å². The van der Waals surface area contributed by atoms with Gasteiger partial charge in [-0.15, -0.1) is 0 Å². The van der Waals surface area contributed by atoms with Gasteiger partial charge >= 0.3 is 0 Å². The Labute approximate surface area is 132 Å². The predicted octanol–water partition coefficient (Wildman–Crippen LogP) is 2.98. The zero-order valence-corrected chi connectivity index (χ0v) is 13.3. The van der Waals surface area contributed by atoms with Crippen molar-refractivity contribution >= 4 is 11.6 Å².